The van der Waals surface area contributed by atoms with Crippen molar-refractivity contribution in [1.29, 1.82) is 0 Å². The monoisotopic (exact) mass is 399 g/mol. The lowest BCUT2D eigenvalue weighted by atomic mass is 10.1. The molecule has 10 heteroatoms. The zero-order valence-corrected chi connectivity index (χ0v) is 14.9. The number of nitrogens with one attached hydrogen (secondary N) is 1. The van der Waals surface area contributed by atoms with Gasteiger partial charge in [-0.1, -0.05) is 17.3 Å². The number of piperidine rings is 1. The van der Waals surface area contributed by atoms with Crippen LogP contribution in [-0.2, 0) is 13.1 Å². The van der Waals surface area contributed by atoms with Crippen LogP contribution < -0.4 is 10.1 Å². The number of benzene rings is 1. The molecule has 1 unspecified atom stereocenters. The van der Waals surface area contributed by atoms with Crippen molar-refractivity contribution in [2.24, 2.45) is 0 Å². The van der Waals surface area contributed by atoms with Crippen molar-refractivity contribution in [3.63, 3.8) is 0 Å². The Morgan fingerprint density at radius 3 is 2.96 bits per heavy atom. The summed E-state index contributed by atoms with van der Waals surface area (Å²) in [5.74, 6) is -0.359. The van der Waals surface area contributed by atoms with E-state index in [9.17, 15) is 23.1 Å². The lowest BCUT2D eigenvalue weighted by Gasteiger charge is -2.28. The van der Waals surface area contributed by atoms with E-state index >= 15 is 0 Å². The highest BCUT2D eigenvalue weighted by Crippen LogP contribution is 2.23. The summed E-state index contributed by atoms with van der Waals surface area (Å²) in [6.45, 7) is 1.82. The standard InChI is InChI=1S/C18H20F3N3O4/c19-18(20,21)27-14-5-1-3-12(7-14)9-22-17(26)16-8-15(28-23-16)11-24-6-2-4-13(25)10-24/h1,3,5,7-8,13,25H,2,4,6,9-11H2,(H,22,26). The Morgan fingerprint density at radius 1 is 1.39 bits per heavy atom. The number of carbonyl (C=O) groups excluding carboxylic acids is 1. The minimum Gasteiger partial charge on any atom is -0.406 e. The molecule has 28 heavy (non-hydrogen) atoms. The van der Waals surface area contributed by atoms with Gasteiger partial charge in [0.15, 0.2) is 11.5 Å². The number of alkyl halides is 3. The molecule has 0 bridgehead atoms. The van der Waals surface area contributed by atoms with Gasteiger partial charge >= 0.3 is 6.36 Å². The lowest BCUT2D eigenvalue weighted by molar-refractivity contribution is -0.274. The maximum Gasteiger partial charge on any atom is 0.573 e. The van der Waals surface area contributed by atoms with Gasteiger partial charge in [-0.3, -0.25) is 9.69 Å². The van der Waals surface area contributed by atoms with Gasteiger partial charge in [-0.25, -0.2) is 0 Å². The fraction of sp³-hybridized carbons (Fsp3) is 0.444. The Labute approximate surface area is 159 Å². The summed E-state index contributed by atoms with van der Waals surface area (Å²) in [6.07, 6.45) is -3.48. The molecular weight excluding hydrogens is 379 g/mol. The normalized spacial score (nSPS) is 18.1. The van der Waals surface area contributed by atoms with Crippen LogP contribution in [0.5, 0.6) is 5.75 Å². The third-order valence-corrected chi connectivity index (χ3v) is 4.24. The van der Waals surface area contributed by atoms with Gasteiger partial charge in [0.1, 0.15) is 5.75 Å². The quantitative estimate of drug-likeness (QED) is 0.776. The zero-order chi connectivity index (χ0) is 20.1. The fourth-order valence-corrected chi connectivity index (χ4v) is 3.02. The first-order chi connectivity index (χ1) is 13.3. The molecule has 1 amide bonds. The number of carbonyl (C=O) groups is 1. The Hall–Kier alpha value is -2.59. The molecular formula is C18H20F3N3O4. The number of likely N-dealkylation sites (tertiary alicyclic amines) is 1. The highest BCUT2D eigenvalue weighted by Gasteiger charge is 2.31. The van der Waals surface area contributed by atoms with Gasteiger partial charge in [-0.15, -0.1) is 13.2 Å². The van der Waals surface area contributed by atoms with E-state index in [2.05, 4.69) is 15.2 Å². The van der Waals surface area contributed by atoms with E-state index in [1.54, 1.807) is 6.07 Å². The second kappa shape index (κ2) is 8.61. The molecule has 1 aliphatic rings. The van der Waals surface area contributed by atoms with Crippen LogP contribution in [-0.4, -0.2) is 46.6 Å². The van der Waals surface area contributed by atoms with E-state index in [0.29, 0.717) is 24.4 Å². The van der Waals surface area contributed by atoms with Crippen molar-refractivity contribution < 1.29 is 32.3 Å². The van der Waals surface area contributed by atoms with Gasteiger partial charge in [0.2, 0.25) is 0 Å². The van der Waals surface area contributed by atoms with E-state index in [4.69, 9.17) is 4.52 Å². The number of amides is 1. The van der Waals surface area contributed by atoms with Gasteiger partial charge in [0.25, 0.3) is 5.91 Å². The number of ether oxygens (including phenoxy) is 1. The first kappa shape index (κ1) is 20.2. The highest BCUT2D eigenvalue weighted by molar-refractivity contribution is 5.92. The van der Waals surface area contributed by atoms with Crippen molar-refractivity contribution >= 4 is 5.91 Å². The molecule has 1 aromatic carbocycles. The number of nitrogens with zero attached hydrogens (tertiary/aromatic N) is 2. The molecule has 1 aliphatic heterocycles. The van der Waals surface area contributed by atoms with Crippen LogP contribution in [0.3, 0.4) is 0 Å². The number of halogens is 3. The van der Waals surface area contributed by atoms with Gasteiger partial charge in [-0.2, -0.15) is 0 Å². The van der Waals surface area contributed by atoms with E-state index in [0.717, 1.165) is 19.4 Å². The van der Waals surface area contributed by atoms with E-state index < -0.39 is 12.3 Å². The molecule has 1 atom stereocenters. The second-order valence-corrected chi connectivity index (χ2v) is 6.59. The summed E-state index contributed by atoms with van der Waals surface area (Å²) in [7, 11) is 0. The maximum absolute atomic E-state index is 12.3. The van der Waals surface area contributed by atoms with Crippen molar-refractivity contribution in [3.05, 3.63) is 47.3 Å². The van der Waals surface area contributed by atoms with Crippen LogP contribution >= 0.6 is 0 Å². The molecule has 1 aromatic heterocycles. The molecule has 2 N–H and O–H groups in total. The molecule has 152 valence electrons. The minimum atomic E-state index is -4.77. The molecule has 3 rings (SSSR count). The lowest BCUT2D eigenvalue weighted by Crippen LogP contribution is -2.37. The highest BCUT2D eigenvalue weighted by atomic mass is 19.4. The molecule has 2 heterocycles. The van der Waals surface area contributed by atoms with Gasteiger partial charge in [0, 0.05) is 19.2 Å². The van der Waals surface area contributed by atoms with E-state index in [1.807, 2.05) is 4.90 Å². The summed E-state index contributed by atoms with van der Waals surface area (Å²) in [6, 6.07) is 6.87. The minimum absolute atomic E-state index is 0.00833. The summed E-state index contributed by atoms with van der Waals surface area (Å²) in [5.41, 5.74) is 0.524. The fourth-order valence-electron chi connectivity index (χ4n) is 3.02. The van der Waals surface area contributed by atoms with Gasteiger partial charge in [-0.05, 0) is 37.1 Å². The van der Waals surface area contributed by atoms with Gasteiger partial charge < -0.3 is 19.7 Å². The smallest absolute Gasteiger partial charge is 0.406 e. The Kier molecular flexibility index (Phi) is 6.20. The Morgan fingerprint density at radius 2 is 2.21 bits per heavy atom. The molecule has 1 saturated heterocycles. The Bertz CT molecular complexity index is 809. The number of aromatic nitrogens is 1. The van der Waals surface area contributed by atoms with Crippen LogP contribution in [0.1, 0.15) is 34.7 Å². The summed E-state index contributed by atoms with van der Waals surface area (Å²) in [4.78, 5) is 14.2. The molecule has 1 fully saturated rings. The average Bonchev–Trinajstić information content (AvgIpc) is 3.07. The molecule has 7 nitrogen and oxygen atoms in total. The number of hydrogen-bond acceptors (Lipinski definition) is 6. The zero-order valence-electron chi connectivity index (χ0n) is 14.9. The topological polar surface area (TPSA) is 87.8 Å². The van der Waals surface area contributed by atoms with Crippen LogP contribution in [0.25, 0.3) is 0 Å². The Balaban J connectivity index is 1.53. The second-order valence-electron chi connectivity index (χ2n) is 6.59. The van der Waals surface area contributed by atoms with Gasteiger partial charge in [0.05, 0.1) is 12.6 Å². The number of aliphatic hydroxyl groups is 1. The number of aliphatic hydroxyl groups excluding tert-OH is 1. The molecule has 0 spiro atoms. The van der Waals surface area contributed by atoms with Crippen molar-refractivity contribution in [2.45, 2.75) is 38.4 Å². The van der Waals surface area contributed by atoms with E-state index in [-0.39, 0.29) is 24.1 Å². The number of β-amino-alcohol motifs (C(OH)–C–C–N with tert-alkyl or cyclic N) is 1. The van der Waals surface area contributed by atoms with Crippen molar-refractivity contribution in [1.82, 2.24) is 15.4 Å². The molecule has 2 aromatic rings. The summed E-state index contributed by atoms with van der Waals surface area (Å²) >= 11 is 0. The van der Waals surface area contributed by atoms with Crippen molar-refractivity contribution in [2.75, 3.05) is 13.1 Å². The predicted molar refractivity (Wildman–Crippen MR) is 91.3 cm³/mol. The van der Waals surface area contributed by atoms with Crippen molar-refractivity contribution in [3.8, 4) is 5.75 Å². The molecule has 0 radical (unpaired) electrons. The third kappa shape index (κ3) is 5.96. The van der Waals surface area contributed by atoms with E-state index in [1.165, 1.54) is 24.3 Å². The number of rotatable bonds is 6. The first-order valence-electron chi connectivity index (χ1n) is 8.77. The third-order valence-electron chi connectivity index (χ3n) is 4.24. The summed E-state index contributed by atoms with van der Waals surface area (Å²) in [5, 5.41) is 16.0. The van der Waals surface area contributed by atoms with Crippen LogP contribution in [0, 0.1) is 0 Å². The SMILES string of the molecule is O=C(NCc1cccc(OC(F)(F)F)c1)c1cc(CN2CCCC(O)C2)on1. The maximum atomic E-state index is 12.3. The summed E-state index contributed by atoms with van der Waals surface area (Å²) < 4.78 is 45.8. The van der Waals surface area contributed by atoms with Crippen LogP contribution in [0.15, 0.2) is 34.9 Å². The largest absolute Gasteiger partial charge is 0.573 e. The number of hydrogen-bond donors (Lipinski definition) is 2. The first-order valence-corrected chi connectivity index (χ1v) is 8.77. The van der Waals surface area contributed by atoms with Crippen LogP contribution in [0.2, 0.25) is 0 Å². The molecule has 0 aliphatic carbocycles. The average molecular weight is 399 g/mol. The molecule has 0 saturated carbocycles. The predicted octanol–water partition coefficient (Wildman–Crippen LogP) is 2.46. The van der Waals surface area contributed by atoms with Crippen LogP contribution in [0.4, 0.5) is 13.2 Å².